The van der Waals surface area contributed by atoms with E-state index in [4.69, 9.17) is 9.47 Å². The maximum Gasteiger partial charge on any atom is 0.272 e. The number of carbonyl (C=O) groups is 1. The predicted octanol–water partition coefficient (Wildman–Crippen LogP) is 1.77. The lowest BCUT2D eigenvalue weighted by molar-refractivity contribution is -0.00697. The van der Waals surface area contributed by atoms with Gasteiger partial charge in [-0.3, -0.25) is 14.9 Å². The molecule has 2 aromatic rings. The topological polar surface area (TPSA) is 89.1 Å². The van der Waals surface area contributed by atoms with E-state index in [2.05, 4.69) is 20.5 Å². The molecule has 3 rings (SSSR count). The van der Waals surface area contributed by atoms with E-state index in [1.807, 2.05) is 19.9 Å². The number of pyridine rings is 1. The summed E-state index contributed by atoms with van der Waals surface area (Å²) in [5.41, 5.74) is 3.14. The quantitative estimate of drug-likeness (QED) is 0.897. The van der Waals surface area contributed by atoms with Crippen molar-refractivity contribution in [1.82, 2.24) is 20.5 Å². The van der Waals surface area contributed by atoms with Gasteiger partial charge in [-0.2, -0.15) is 5.10 Å². The molecule has 0 saturated carbocycles. The molecule has 0 spiro atoms. The largest absolute Gasteiger partial charge is 0.495 e. The molecule has 2 atom stereocenters. The smallest absolute Gasteiger partial charge is 0.272 e. The van der Waals surface area contributed by atoms with Gasteiger partial charge in [-0.05, 0) is 25.5 Å². The zero-order chi connectivity index (χ0) is 16.4. The molecular weight excluding hydrogens is 296 g/mol. The van der Waals surface area contributed by atoms with Gasteiger partial charge < -0.3 is 14.8 Å². The van der Waals surface area contributed by atoms with Crippen molar-refractivity contribution in [2.45, 2.75) is 39.0 Å². The lowest BCUT2D eigenvalue weighted by Crippen LogP contribution is -2.27. The van der Waals surface area contributed by atoms with Crippen LogP contribution in [0, 0.1) is 0 Å². The van der Waals surface area contributed by atoms with Gasteiger partial charge in [0.25, 0.3) is 5.91 Å². The number of amides is 1. The average Bonchev–Trinajstić information content (AvgIpc) is 2.97. The van der Waals surface area contributed by atoms with Crippen LogP contribution in [0.3, 0.4) is 0 Å². The highest BCUT2D eigenvalue weighted by atomic mass is 16.5. The van der Waals surface area contributed by atoms with E-state index in [1.54, 1.807) is 19.5 Å². The van der Waals surface area contributed by atoms with Gasteiger partial charge in [0, 0.05) is 24.7 Å². The fourth-order valence-corrected chi connectivity index (χ4v) is 2.80. The molecule has 2 aromatic heterocycles. The Bertz CT molecular complexity index is 713. The van der Waals surface area contributed by atoms with E-state index in [0.717, 1.165) is 16.8 Å². The molecule has 122 valence electrons. The Balaban J connectivity index is 1.72. The summed E-state index contributed by atoms with van der Waals surface area (Å²) in [6, 6.07) is 1.84. The van der Waals surface area contributed by atoms with Crippen molar-refractivity contribution in [3.63, 3.8) is 0 Å². The number of hydrogen-bond acceptors (Lipinski definition) is 5. The molecule has 1 aliphatic heterocycles. The van der Waals surface area contributed by atoms with Crippen LogP contribution < -0.4 is 10.1 Å². The third-order valence-electron chi connectivity index (χ3n) is 3.91. The van der Waals surface area contributed by atoms with Crippen LogP contribution in [0.4, 0.5) is 0 Å². The van der Waals surface area contributed by atoms with Gasteiger partial charge in [0.1, 0.15) is 5.75 Å². The maximum atomic E-state index is 12.4. The van der Waals surface area contributed by atoms with Crippen molar-refractivity contribution >= 4 is 5.91 Å². The Morgan fingerprint density at radius 1 is 1.48 bits per heavy atom. The Kier molecular flexibility index (Phi) is 4.29. The Hall–Kier alpha value is -2.41. The van der Waals surface area contributed by atoms with Crippen molar-refractivity contribution in [1.29, 1.82) is 0 Å². The highest BCUT2D eigenvalue weighted by molar-refractivity contribution is 5.94. The predicted molar refractivity (Wildman–Crippen MR) is 83.2 cm³/mol. The second-order valence-electron chi connectivity index (χ2n) is 5.67. The summed E-state index contributed by atoms with van der Waals surface area (Å²) < 4.78 is 10.9. The second-order valence-corrected chi connectivity index (χ2v) is 5.67. The summed E-state index contributed by atoms with van der Waals surface area (Å²) in [6.07, 6.45) is 3.99. The first-order chi connectivity index (χ1) is 11.1. The molecular formula is C16H20N4O3. The monoisotopic (exact) mass is 316 g/mol. The molecule has 0 bridgehead atoms. The van der Waals surface area contributed by atoms with Gasteiger partial charge in [0.05, 0.1) is 31.2 Å². The molecule has 7 nitrogen and oxygen atoms in total. The molecule has 3 heterocycles. The Morgan fingerprint density at radius 2 is 2.30 bits per heavy atom. The van der Waals surface area contributed by atoms with Crippen molar-refractivity contribution in [3.8, 4) is 5.75 Å². The molecule has 0 unspecified atom stereocenters. The summed E-state index contributed by atoms with van der Waals surface area (Å²) in [6.45, 7) is 4.32. The third-order valence-corrected chi connectivity index (χ3v) is 3.91. The summed E-state index contributed by atoms with van der Waals surface area (Å²) in [5, 5.41) is 9.97. The number of aromatic nitrogens is 3. The Morgan fingerprint density at radius 3 is 3.09 bits per heavy atom. The molecule has 0 saturated heterocycles. The number of hydrogen-bond donors (Lipinski definition) is 2. The van der Waals surface area contributed by atoms with Gasteiger partial charge in [-0.15, -0.1) is 0 Å². The van der Waals surface area contributed by atoms with Crippen LogP contribution in [0.5, 0.6) is 5.75 Å². The molecule has 1 aliphatic rings. The van der Waals surface area contributed by atoms with Crippen LogP contribution in [0.15, 0.2) is 18.5 Å². The average molecular weight is 316 g/mol. The van der Waals surface area contributed by atoms with Crippen LogP contribution in [0.25, 0.3) is 0 Å². The van der Waals surface area contributed by atoms with Crippen molar-refractivity contribution in [2.24, 2.45) is 0 Å². The first-order valence-corrected chi connectivity index (χ1v) is 7.57. The Labute approximate surface area is 134 Å². The third kappa shape index (κ3) is 3.19. The number of aromatic amines is 1. The highest BCUT2D eigenvalue weighted by Gasteiger charge is 2.29. The van der Waals surface area contributed by atoms with Crippen LogP contribution in [-0.4, -0.2) is 34.3 Å². The van der Waals surface area contributed by atoms with Gasteiger partial charge in [0.15, 0.2) is 5.69 Å². The van der Waals surface area contributed by atoms with Crippen LogP contribution >= 0.6 is 0 Å². The minimum Gasteiger partial charge on any atom is -0.495 e. The molecule has 0 aromatic carbocycles. The molecule has 0 radical (unpaired) electrons. The molecule has 0 aliphatic carbocycles. The summed E-state index contributed by atoms with van der Waals surface area (Å²) in [7, 11) is 1.58. The first-order valence-electron chi connectivity index (χ1n) is 7.57. The number of methoxy groups -OCH3 is 1. The summed E-state index contributed by atoms with van der Waals surface area (Å²) >= 11 is 0. The van der Waals surface area contributed by atoms with E-state index in [-0.39, 0.29) is 18.1 Å². The molecule has 23 heavy (non-hydrogen) atoms. The lowest BCUT2D eigenvalue weighted by atomic mass is 9.99. The second kappa shape index (κ2) is 6.37. The number of nitrogens with zero attached hydrogens (tertiary/aromatic N) is 2. The van der Waals surface area contributed by atoms with Crippen molar-refractivity contribution in [3.05, 3.63) is 41.0 Å². The van der Waals surface area contributed by atoms with E-state index in [9.17, 15) is 4.79 Å². The van der Waals surface area contributed by atoms with Crippen LogP contribution in [-0.2, 0) is 17.7 Å². The maximum absolute atomic E-state index is 12.4. The normalized spacial score (nSPS) is 20.0. The van der Waals surface area contributed by atoms with Crippen LogP contribution in [0.2, 0.25) is 0 Å². The number of rotatable bonds is 4. The molecule has 7 heteroatoms. The molecule has 1 amide bonds. The number of carbonyl (C=O) groups excluding carboxylic acids is 1. The van der Waals surface area contributed by atoms with Crippen molar-refractivity contribution in [2.75, 3.05) is 7.11 Å². The van der Waals surface area contributed by atoms with E-state index in [0.29, 0.717) is 24.4 Å². The van der Waals surface area contributed by atoms with Crippen LogP contribution in [0.1, 0.15) is 47.3 Å². The van der Waals surface area contributed by atoms with Gasteiger partial charge in [0.2, 0.25) is 0 Å². The fourth-order valence-electron chi connectivity index (χ4n) is 2.80. The number of H-pyrrole nitrogens is 1. The highest BCUT2D eigenvalue weighted by Crippen LogP contribution is 2.30. The summed E-state index contributed by atoms with van der Waals surface area (Å²) in [4.78, 5) is 16.5. The van der Waals surface area contributed by atoms with Gasteiger partial charge in [-0.1, -0.05) is 0 Å². The van der Waals surface area contributed by atoms with E-state index < -0.39 is 0 Å². The first kappa shape index (κ1) is 15.5. The van der Waals surface area contributed by atoms with Crippen molar-refractivity contribution < 1.29 is 14.3 Å². The minimum atomic E-state index is -0.202. The number of nitrogens with one attached hydrogen (secondary N) is 2. The molecule has 0 fully saturated rings. The van der Waals surface area contributed by atoms with Gasteiger partial charge in [-0.25, -0.2) is 0 Å². The number of fused-ring (bicyclic) bond motifs is 1. The van der Waals surface area contributed by atoms with E-state index >= 15 is 0 Å². The fraction of sp³-hybridized carbons (Fsp3) is 0.438. The summed E-state index contributed by atoms with van der Waals surface area (Å²) in [5.74, 6) is 0.459. The standard InChI is InChI=1S/C16H20N4O3/c1-9-4-13-14(10(2)23-9)19-20-15(13)16(21)18-7-11-5-12(22-3)8-17-6-11/h5-6,8-10H,4,7H2,1-3H3,(H,18,21)(H,19,20)/t9-,10+/m0/s1. The number of ether oxygens (including phenoxy) is 2. The SMILES string of the molecule is COc1cncc(CNC(=O)c2n[nH]c3c2C[C@H](C)O[C@@H]3C)c1. The molecule has 2 N–H and O–H groups in total. The van der Waals surface area contributed by atoms with Gasteiger partial charge >= 0.3 is 0 Å². The zero-order valence-electron chi connectivity index (χ0n) is 13.4. The zero-order valence-corrected chi connectivity index (χ0v) is 13.4. The minimum absolute atomic E-state index is 0.0734. The van der Waals surface area contributed by atoms with E-state index in [1.165, 1.54) is 0 Å². The lowest BCUT2D eigenvalue weighted by Gasteiger charge is -2.25.